The molecule has 6 N–H and O–H groups in total. The fourth-order valence-corrected chi connectivity index (χ4v) is 10.4. The van der Waals surface area contributed by atoms with Crippen molar-refractivity contribution in [3.05, 3.63) is 56.6 Å². The summed E-state index contributed by atoms with van der Waals surface area (Å²) in [4.78, 5) is 72.3. The minimum atomic E-state index is -4.41. The zero-order chi connectivity index (χ0) is 38.9. The van der Waals surface area contributed by atoms with E-state index in [9.17, 15) is 45.6 Å². The van der Waals surface area contributed by atoms with Gasteiger partial charge in [-0.1, -0.05) is 12.1 Å². The van der Waals surface area contributed by atoms with Gasteiger partial charge in [-0.2, -0.15) is 0 Å². The molecule has 16 nitrogen and oxygen atoms in total. The molecule has 54 heavy (non-hydrogen) atoms. The number of carbonyl (C=O) groups is 6. The number of imide groups is 2. The van der Waals surface area contributed by atoms with Gasteiger partial charge in [-0.3, -0.25) is 29.8 Å². The van der Waals surface area contributed by atoms with Crippen LogP contribution in [0.25, 0.3) is 0 Å². The first-order chi connectivity index (χ1) is 25.5. The Bertz CT molecular complexity index is 2180. The maximum absolute atomic E-state index is 13.2. The van der Waals surface area contributed by atoms with Crippen LogP contribution in [0.1, 0.15) is 96.4 Å². The molecule has 0 bridgehead atoms. The number of benzene rings is 2. The van der Waals surface area contributed by atoms with Crippen molar-refractivity contribution < 1.29 is 45.6 Å². The molecule has 290 valence electrons. The van der Waals surface area contributed by atoms with E-state index in [1.54, 1.807) is 0 Å². The van der Waals surface area contributed by atoms with Crippen LogP contribution < -0.4 is 30.7 Å². The second-order valence-corrected chi connectivity index (χ2v) is 18.1. The van der Waals surface area contributed by atoms with Gasteiger partial charge < -0.3 is 10.6 Å². The number of rotatable bonds is 11. The van der Waals surface area contributed by atoms with Gasteiger partial charge in [-0.25, -0.2) is 35.9 Å². The first-order valence-corrected chi connectivity index (χ1v) is 21.4. The van der Waals surface area contributed by atoms with E-state index < -0.39 is 67.2 Å². The highest BCUT2D eigenvalue weighted by atomic mass is 32.2. The molecule has 2 aromatic rings. The molecule has 8 amide bonds. The molecule has 2 aromatic carbocycles. The molecule has 4 aliphatic rings. The number of hydrogen-bond acceptors (Lipinski definition) is 10. The predicted octanol–water partition coefficient (Wildman–Crippen LogP) is 2.12. The molecular formula is C36H44N6O10S2. The van der Waals surface area contributed by atoms with Crippen LogP contribution in [-0.2, 0) is 84.2 Å². The summed E-state index contributed by atoms with van der Waals surface area (Å²) in [6, 6.07) is 2.47. The highest BCUT2D eigenvalue weighted by Gasteiger charge is 2.40. The lowest BCUT2D eigenvalue weighted by atomic mass is 9.83. The number of carbonyl (C=O) groups excluding carboxylic acids is 6. The smallest absolute Gasteiger partial charge is 0.307 e. The van der Waals surface area contributed by atoms with Crippen molar-refractivity contribution in [3.8, 4) is 0 Å². The predicted molar refractivity (Wildman–Crippen MR) is 198 cm³/mol. The first-order valence-electron chi connectivity index (χ1n) is 18.1. The molecule has 2 unspecified atom stereocenters. The van der Waals surface area contributed by atoms with Crippen LogP contribution in [0.5, 0.6) is 0 Å². The molecule has 0 aromatic heterocycles. The fourth-order valence-electron chi connectivity index (χ4n) is 8.58. The molecule has 0 radical (unpaired) electrons. The summed E-state index contributed by atoms with van der Waals surface area (Å²) < 4.78 is 54.7. The van der Waals surface area contributed by atoms with E-state index in [0.717, 1.165) is 96.4 Å². The second-order valence-electron chi connectivity index (χ2n) is 14.5. The number of anilines is 2. The Hall–Kier alpha value is -4.84. The van der Waals surface area contributed by atoms with Gasteiger partial charge in [-0.05, 0) is 127 Å². The molecule has 0 aliphatic heterocycles. The third-order valence-corrected chi connectivity index (χ3v) is 12.9. The third kappa shape index (κ3) is 8.92. The quantitative estimate of drug-likeness (QED) is 0.194. The third-order valence-electron chi connectivity index (χ3n) is 10.5. The summed E-state index contributed by atoms with van der Waals surface area (Å²) in [5, 5.41) is 9.64. The molecule has 0 heterocycles. The number of amides is 8. The minimum absolute atomic E-state index is 0.0105. The van der Waals surface area contributed by atoms with Crippen molar-refractivity contribution in [2.45, 2.75) is 96.8 Å². The summed E-state index contributed by atoms with van der Waals surface area (Å²) >= 11 is 0. The largest absolute Gasteiger partial charge is 0.332 e. The summed E-state index contributed by atoms with van der Waals surface area (Å²) in [5.74, 6) is -4.45. The van der Waals surface area contributed by atoms with Gasteiger partial charge in [0.05, 0.1) is 5.75 Å². The molecule has 2 atom stereocenters. The van der Waals surface area contributed by atoms with Gasteiger partial charge in [-0.15, -0.1) is 0 Å². The number of aryl methyl sites for hydroxylation is 3. The van der Waals surface area contributed by atoms with Gasteiger partial charge in [0.1, 0.15) is 5.75 Å². The van der Waals surface area contributed by atoms with E-state index in [0.29, 0.717) is 30.6 Å². The molecule has 4 aliphatic carbocycles. The molecule has 6 rings (SSSR count). The van der Waals surface area contributed by atoms with Crippen molar-refractivity contribution in [2.24, 2.45) is 5.92 Å². The Morgan fingerprint density at radius 2 is 1.22 bits per heavy atom. The van der Waals surface area contributed by atoms with Crippen LogP contribution in [-0.4, -0.2) is 64.0 Å². The topological polar surface area (TPSA) is 243 Å². The zero-order valence-electron chi connectivity index (χ0n) is 30.1. The van der Waals surface area contributed by atoms with Crippen LogP contribution in [0.15, 0.2) is 12.1 Å². The van der Waals surface area contributed by atoms with Crippen molar-refractivity contribution in [2.75, 3.05) is 22.1 Å². The highest BCUT2D eigenvalue weighted by Crippen LogP contribution is 2.51. The van der Waals surface area contributed by atoms with E-state index >= 15 is 0 Å². The number of urea groups is 2. The maximum Gasteiger partial charge on any atom is 0.332 e. The Labute approximate surface area is 313 Å². The Balaban J connectivity index is 1.20. The lowest BCUT2D eigenvalue weighted by molar-refractivity contribution is -0.130. The van der Waals surface area contributed by atoms with E-state index in [1.165, 1.54) is 6.92 Å². The Morgan fingerprint density at radius 3 is 1.87 bits per heavy atom. The number of nitrogens with one attached hydrogen (secondary N) is 6. The molecule has 0 spiro atoms. The molecule has 0 saturated carbocycles. The van der Waals surface area contributed by atoms with Crippen molar-refractivity contribution >= 4 is 67.1 Å². The maximum atomic E-state index is 13.2. The Kier molecular flexibility index (Phi) is 11.1. The summed E-state index contributed by atoms with van der Waals surface area (Å²) in [6.07, 6.45) is 7.40. The lowest BCUT2D eigenvalue weighted by Gasteiger charge is -2.24. The van der Waals surface area contributed by atoms with Crippen molar-refractivity contribution in [1.29, 1.82) is 0 Å². The van der Waals surface area contributed by atoms with Crippen LogP contribution in [0.2, 0.25) is 0 Å². The molecular weight excluding hydrogens is 741 g/mol. The minimum Gasteiger partial charge on any atom is -0.307 e. The van der Waals surface area contributed by atoms with Gasteiger partial charge in [0.2, 0.25) is 43.7 Å². The van der Waals surface area contributed by atoms with Crippen molar-refractivity contribution in [1.82, 2.24) is 20.1 Å². The van der Waals surface area contributed by atoms with Crippen LogP contribution in [0.4, 0.5) is 21.0 Å². The average Bonchev–Trinajstić information content (AvgIpc) is 3.84. The van der Waals surface area contributed by atoms with Gasteiger partial charge in [0.15, 0.2) is 0 Å². The monoisotopic (exact) mass is 784 g/mol. The SMILES string of the molecule is CC(=O)NC(=O)CCCS(=O)(=O)NC(=O)Nc1c2c(cc3c1CC(C1CCc4cc5c(c(NC(=O)NS(=O)(=O)CC(=O)NC(C)=O)c41)CCC5)C3)CCC2. The second kappa shape index (κ2) is 15.5. The van der Waals surface area contributed by atoms with Crippen LogP contribution in [0, 0.1) is 5.92 Å². The van der Waals surface area contributed by atoms with Gasteiger partial charge in [0, 0.05) is 31.6 Å². The summed E-state index contributed by atoms with van der Waals surface area (Å²) in [7, 11) is -8.50. The molecule has 0 fully saturated rings. The first kappa shape index (κ1) is 38.9. The normalized spacial score (nSPS) is 18.1. The summed E-state index contributed by atoms with van der Waals surface area (Å²) in [6.45, 7) is 2.25. The average molecular weight is 785 g/mol. The molecule has 18 heteroatoms. The van der Waals surface area contributed by atoms with E-state index in [1.807, 2.05) is 10.0 Å². The van der Waals surface area contributed by atoms with Crippen LogP contribution >= 0.6 is 0 Å². The zero-order valence-corrected chi connectivity index (χ0v) is 31.7. The number of fused-ring (bicyclic) bond motifs is 4. The number of hydrogen-bond donors (Lipinski definition) is 6. The summed E-state index contributed by atoms with van der Waals surface area (Å²) in [5.41, 5.74) is 9.37. The van der Waals surface area contributed by atoms with E-state index in [4.69, 9.17) is 0 Å². The Morgan fingerprint density at radius 1 is 0.648 bits per heavy atom. The standard InChI is InChI=1S/C36H44N6O10S2/c1-19(43)37-30(45)10-5-13-53(49,50)41-35(47)39-33-27-8-3-7-22(27)15-24-16-25(17-29(24)33)26-12-11-23-14-21-6-4-9-28(21)34(32(23)26)40-36(48)42-54(51,52)18-31(46)38-20(2)44/h14-15,25-26H,3-13,16-18H2,1-2H3,(H,37,43,45)(H,38,44,46)(H2,39,41,47)(H2,40,42,48). The van der Waals surface area contributed by atoms with Gasteiger partial charge >= 0.3 is 12.1 Å². The van der Waals surface area contributed by atoms with Gasteiger partial charge in [0.25, 0.3) is 0 Å². The van der Waals surface area contributed by atoms with Crippen molar-refractivity contribution in [3.63, 3.8) is 0 Å². The van der Waals surface area contributed by atoms with E-state index in [2.05, 4.69) is 32.8 Å². The fraction of sp³-hybridized carbons (Fsp3) is 0.500. The van der Waals surface area contributed by atoms with Crippen LogP contribution in [0.3, 0.4) is 0 Å². The number of sulfonamides is 2. The van der Waals surface area contributed by atoms with E-state index in [-0.39, 0.29) is 24.7 Å². The molecule has 0 saturated heterocycles. The lowest BCUT2D eigenvalue weighted by Crippen LogP contribution is -2.42. The highest BCUT2D eigenvalue weighted by molar-refractivity contribution is 7.90.